The van der Waals surface area contributed by atoms with Gasteiger partial charge in [-0.2, -0.15) is 4.98 Å². The lowest BCUT2D eigenvalue weighted by Gasteiger charge is -2.26. The molecule has 0 radical (unpaired) electrons. The van der Waals surface area contributed by atoms with E-state index in [9.17, 15) is 4.79 Å². The highest BCUT2D eigenvalue weighted by Crippen LogP contribution is 2.37. The van der Waals surface area contributed by atoms with Crippen LogP contribution in [0.25, 0.3) is 0 Å². The Labute approximate surface area is 113 Å². The molecule has 0 atom stereocenters. The lowest BCUT2D eigenvalue weighted by molar-refractivity contribution is 0.180. The molecule has 1 aliphatic carbocycles. The number of likely N-dealkylation sites (tertiary alicyclic amines) is 1. The number of H-pyrrole nitrogens is 1. The summed E-state index contributed by atoms with van der Waals surface area (Å²) in [4.78, 5) is 21.1. The van der Waals surface area contributed by atoms with Gasteiger partial charge in [-0.1, -0.05) is 6.42 Å². The van der Waals surface area contributed by atoms with Crippen molar-refractivity contribution in [3.05, 3.63) is 22.2 Å². The fourth-order valence-corrected chi connectivity index (χ4v) is 2.54. The fraction of sp³-hybridized carbons (Fsp3) is 0.714. The second kappa shape index (κ2) is 5.74. The van der Waals surface area contributed by atoms with Gasteiger partial charge in [0, 0.05) is 12.5 Å². The predicted octanol–water partition coefficient (Wildman–Crippen LogP) is 1.51. The lowest BCUT2D eigenvalue weighted by Crippen LogP contribution is -2.33. The Bertz CT molecular complexity index is 476. The van der Waals surface area contributed by atoms with Crippen molar-refractivity contribution in [2.45, 2.75) is 38.0 Å². The van der Waals surface area contributed by atoms with E-state index in [1.165, 1.54) is 38.4 Å². The molecule has 0 spiro atoms. The van der Waals surface area contributed by atoms with Crippen LogP contribution in [0.1, 0.15) is 43.8 Å². The molecule has 0 unspecified atom stereocenters. The number of aromatic nitrogens is 2. The number of hydrogen-bond acceptors (Lipinski definition) is 4. The van der Waals surface area contributed by atoms with Gasteiger partial charge in [-0.05, 0) is 38.8 Å². The number of piperidine rings is 1. The molecule has 0 bridgehead atoms. The van der Waals surface area contributed by atoms with Crippen LogP contribution >= 0.6 is 0 Å². The highest BCUT2D eigenvalue weighted by Gasteiger charge is 2.26. The Balaban J connectivity index is 1.52. The molecule has 1 N–H and O–H groups in total. The number of rotatable bonds is 5. The van der Waals surface area contributed by atoms with Crippen molar-refractivity contribution in [3.63, 3.8) is 0 Å². The van der Waals surface area contributed by atoms with Gasteiger partial charge in [0.05, 0.1) is 6.07 Å². The lowest BCUT2D eigenvalue weighted by atomic mass is 10.1. The maximum absolute atomic E-state index is 11.5. The number of nitrogens with one attached hydrogen (secondary N) is 1. The van der Waals surface area contributed by atoms with Crippen molar-refractivity contribution in [2.75, 3.05) is 26.2 Å². The number of nitrogens with zero attached hydrogens (tertiary/aromatic N) is 2. The second-order valence-corrected chi connectivity index (χ2v) is 5.49. The van der Waals surface area contributed by atoms with Crippen LogP contribution in [0.15, 0.2) is 10.9 Å². The standard InChI is InChI=1S/C14H21N3O2/c18-12-10-13(16-14(15-12)11-4-5-11)19-9-8-17-6-2-1-3-7-17/h10-11H,1-9H2,(H,15,16,18). The van der Waals surface area contributed by atoms with Gasteiger partial charge in [0.15, 0.2) is 0 Å². The molecule has 3 rings (SSSR count). The number of ether oxygens (including phenoxy) is 1. The van der Waals surface area contributed by atoms with E-state index < -0.39 is 0 Å². The van der Waals surface area contributed by atoms with E-state index in [-0.39, 0.29) is 5.56 Å². The Morgan fingerprint density at radius 1 is 1.32 bits per heavy atom. The van der Waals surface area contributed by atoms with E-state index in [4.69, 9.17) is 4.74 Å². The zero-order valence-corrected chi connectivity index (χ0v) is 11.2. The van der Waals surface area contributed by atoms with Crippen LogP contribution in [0.4, 0.5) is 0 Å². The molecule has 1 aliphatic heterocycles. The van der Waals surface area contributed by atoms with Gasteiger partial charge in [-0.15, -0.1) is 0 Å². The van der Waals surface area contributed by atoms with E-state index in [1.54, 1.807) is 0 Å². The molecule has 19 heavy (non-hydrogen) atoms. The third-order valence-corrected chi connectivity index (χ3v) is 3.81. The fourth-order valence-electron chi connectivity index (χ4n) is 2.54. The molecule has 0 amide bonds. The van der Waals surface area contributed by atoms with Crippen LogP contribution < -0.4 is 10.3 Å². The van der Waals surface area contributed by atoms with Gasteiger partial charge < -0.3 is 9.72 Å². The van der Waals surface area contributed by atoms with Crippen LogP contribution in [0.5, 0.6) is 5.88 Å². The number of aromatic amines is 1. The molecular weight excluding hydrogens is 242 g/mol. The highest BCUT2D eigenvalue weighted by atomic mass is 16.5. The quantitative estimate of drug-likeness (QED) is 0.875. The minimum atomic E-state index is -0.107. The maximum Gasteiger partial charge on any atom is 0.254 e. The van der Waals surface area contributed by atoms with Gasteiger partial charge in [-0.3, -0.25) is 9.69 Å². The average Bonchev–Trinajstić information content (AvgIpc) is 3.24. The van der Waals surface area contributed by atoms with Gasteiger partial charge >= 0.3 is 0 Å². The second-order valence-electron chi connectivity index (χ2n) is 5.49. The van der Waals surface area contributed by atoms with Crippen molar-refractivity contribution in [1.82, 2.24) is 14.9 Å². The maximum atomic E-state index is 11.5. The molecule has 1 saturated heterocycles. The molecule has 2 heterocycles. The first-order valence-electron chi connectivity index (χ1n) is 7.28. The van der Waals surface area contributed by atoms with Crippen molar-refractivity contribution < 1.29 is 4.74 Å². The summed E-state index contributed by atoms with van der Waals surface area (Å²) in [7, 11) is 0. The van der Waals surface area contributed by atoms with Crippen LogP contribution in [0, 0.1) is 0 Å². The summed E-state index contributed by atoms with van der Waals surface area (Å²) < 4.78 is 5.64. The monoisotopic (exact) mass is 263 g/mol. The van der Waals surface area contributed by atoms with E-state index in [2.05, 4.69) is 14.9 Å². The summed E-state index contributed by atoms with van der Waals surface area (Å²) in [6, 6.07) is 1.45. The van der Waals surface area contributed by atoms with Gasteiger partial charge in [0.1, 0.15) is 12.4 Å². The zero-order chi connectivity index (χ0) is 13.1. The summed E-state index contributed by atoms with van der Waals surface area (Å²) in [5.74, 6) is 1.71. The minimum Gasteiger partial charge on any atom is -0.476 e. The third kappa shape index (κ3) is 3.56. The van der Waals surface area contributed by atoms with Crippen molar-refractivity contribution in [1.29, 1.82) is 0 Å². The zero-order valence-electron chi connectivity index (χ0n) is 11.2. The van der Waals surface area contributed by atoms with Crippen LogP contribution in [0.3, 0.4) is 0 Å². The molecule has 1 saturated carbocycles. The summed E-state index contributed by atoms with van der Waals surface area (Å²) in [6.07, 6.45) is 6.17. The van der Waals surface area contributed by atoms with E-state index in [0.29, 0.717) is 18.4 Å². The molecule has 2 aliphatic rings. The number of hydrogen-bond donors (Lipinski definition) is 1. The Morgan fingerprint density at radius 2 is 2.11 bits per heavy atom. The highest BCUT2D eigenvalue weighted by molar-refractivity contribution is 5.14. The summed E-state index contributed by atoms with van der Waals surface area (Å²) in [6.45, 7) is 3.87. The Morgan fingerprint density at radius 3 is 2.84 bits per heavy atom. The molecule has 1 aromatic heterocycles. The molecule has 2 fully saturated rings. The molecule has 1 aromatic rings. The van der Waals surface area contributed by atoms with E-state index in [0.717, 1.165) is 25.2 Å². The van der Waals surface area contributed by atoms with E-state index >= 15 is 0 Å². The molecule has 5 heteroatoms. The van der Waals surface area contributed by atoms with Gasteiger partial charge in [0.2, 0.25) is 5.88 Å². The minimum absolute atomic E-state index is 0.107. The van der Waals surface area contributed by atoms with Gasteiger partial charge in [-0.25, -0.2) is 0 Å². The summed E-state index contributed by atoms with van der Waals surface area (Å²) in [5.41, 5.74) is -0.107. The van der Waals surface area contributed by atoms with Crippen molar-refractivity contribution in [2.24, 2.45) is 0 Å². The largest absolute Gasteiger partial charge is 0.476 e. The normalized spacial score (nSPS) is 20.4. The Kier molecular flexibility index (Phi) is 3.82. The van der Waals surface area contributed by atoms with Crippen LogP contribution in [-0.4, -0.2) is 41.1 Å². The molecule has 104 valence electrons. The first kappa shape index (κ1) is 12.7. The third-order valence-electron chi connectivity index (χ3n) is 3.81. The summed E-state index contributed by atoms with van der Waals surface area (Å²) >= 11 is 0. The van der Waals surface area contributed by atoms with Crippen molar-refractivity contribution >= 4 is 0 Å². The van der Waals surface area contributed by atoms with Crippen molar-refractivity contribution in [3.8, 4) is 5.88 Å². The Hall–Kier alpha value is -1.36. The molecule has 0 aromatic carbocycles. The first-order valence-corrected chi connectivity index (χ1v) is 7.28. The molecular formula is C14H21N3O2. The topological polar surface area (TPSA) is 58.2 Å². The van der Waals surface area contributed by atoms with Crippen LogP contribution in [-0.2, 0) is 0 Å². The smallest absolute Gasteiger partial charge is 0.254 e. The van der Waals surface area contributed by atoms with Gasteiger partial charge in [0.25, 0.3) is 5.56 Å². The van der Waals surface area contributed by atoms with E-state index in [1.807, 2.05) is 0 Å². The van der Waals surface area contributed by atoms with Crippen LogP contribution in [0.2, 0.25) is 0 Å². The summed E-state index contributed by atoms with van der Waals surface area (Å²) in [5, 5.41) is 0. The first-order chi connectivity index (χ1) is 9.31. The average molecular weight is 263 g/mol. The SMILES string of the molecule is O=c1cc(OCCN2CCCCC2)nc(C2CC2)[nH]1. The molecule has 5 nitrogen and oxygen atoms in total. The predicted molar refractivity (Wildman–Crippen MR) is 72.6 cm³/mol.